The lowest BCUT2D eigenvalue weighted by Crippen LogP contribution is -2.64. The van der Waals surface area contributed by atoms with Crippen molar-refractivity contribution < 1.29 is 24.2 Å². The second kappa shape index (κ2) is 9.11. The molecule has 3 N–H and O–H groups in total. The van der Waals surface area contributed by atoms with E-state index in [0.717, 1.165) is 22.5 Å². The zero-order chi connectivity index (χ0) is 28.6. The summed E-state index contributed by atoms with van der Waals surface area (Å²) in [6.07, 6.45) is 9.85. The van der Waals surface area contributed by atoms with Crippen LogP contribution in [0, 0.1) is 28.6 Å². The Hall–Kier alpha value is -3.29. The molecule has 2 aromatic rings. The topological polar surface area (TPSA) is 112 Å². The van der Waals surface area contributed by atoms with E-state index in [2.05, 4.69) is 30.2 Å². The average molecular weight is 543 g/mol. The molecule has 1 saturated carbocycles. The van der Waals surface area contributed by atoms with Gasteiger partial charge in [-0.2, -0.15) is 0 Å². The Bertz CT molecular complexity index is 1500. The molecule has 1 aromatic carbocycles. The monoisotopic (exact) mass is 542 g/mol. The molecular formula is C33H38N2O5. The number of rotatable bonds is 2. The number of hydrogen-bond acceptors (Lipinski definition) is 5. The van der Waals surface area contributed by atoms with Gasteiger partial charge in [-0.05, 0) is 67.9 Å². The van der Waals surface area contributed by atoms with E-state index in [9.17, 15) is 19.5 Å². The minimum absolute atomic E-state index is 0.0579. The number of carbonyl (C=O) groups excluding carboxylic acids is 3. The number of ketones is 2. The fourth-order valence-electron chi connectivity index (χ4n) is 8.16. The van der Waals surface area contributed by atoms with Crippen molar-refractivity contribution in [3.63, 3.8) is 0 Å². The van der Waals surface area contributed by atoms with Gasteiger partial charge in [-0.1, -0.05) is 57.2 Å². The molecule has 0 bridgehead atoms. The van der Waals surface area contributed by atoms with Crippen LogP contribution in [0.5, 0.6) is 0 Å². The number of benzene rings is 1. The summed E-state index contributed by atoms with van der Waals surface area (Å²) in [5, 5.41) is 15.0. The maximum absolute atomic E-state index is 14.5. The number of ether oxygens (including phenoxy) is 1. The maximum atomic E-state index is 14.5. The second-order valence-electron chi connectivity index (χ2n) is 12.7. The summed E-state index contributed by atoms with van der Waals surface area (Å²) in [4.78, 5) is 45.0. The minimum atomic E-state index is -1.47. The maximum Gasteiger partial charge on any atom is 0.235 e. The van der Waals surface area contributed by atoms with Crippen molar-refractivity contribution in [2.24, 2.45) is 28.6 Å². The molecule has 3 fully saturated rings. The van der Waals surface area contributed by atoms with Crippen LogP contribution in [-0.2, 0) is 25.5 Å². The standard InChI is InChI=1S/C33H38N2O5/c1-18-9-8-11-23-29-32(5,40-29)20(3)31(4)26(16-21-17-34-24-12-7-6-10-22(21)24)35-30(39)33(23,31)27(37)14-13-25(36)28(38)19(2)15-18/h6-8,10-15,17-18,20,23,26,28-29,34,38H,9,16H2,1-5H3,(H,35,39). The number of H-pyrrole nitrogens is 1. The lowest BCUT2D eigenvalue weighted by Gasteiger charge is -2.53. The van der Waals surface area contributed by atoms with Crippen molar-refractivity contribution in [2.45, 2.75) is 71.3 Å². The van der Waals surface area contributed by atoms with Crippen LogP contribution >= 0.6 is 0 Å². The zero-order valence-electron chi connectivity index (χ0n) is 23.7. The highest BCUT2D eigenvalue weighted by atomic mass is 16.6. The molecule has 40 heavy (non-hydrogen) atoms. The summed E-state index contributed by atoms with van der Waals surface area (Å²) in [7, 11) is 0. The van der Waals surface area contributed by atoms with Gasteiger partial charge in [-0.25, -0.2) is 0 Å². The van der Waals surface area contributed by atoms with E-state index in [1.54, 1.807) is 6.92 Å². The number of fused-ring (bicyclic) bond motifs is 3. The molecule has 2 aliphatic carbocycles. The van der Waals surface area contributed by atoms with Crippen LogP contribution in [0.2, 0.25) is 0 Å². The third-order valence-electron chi connectivity index (χ3n) is 10.7. The first kappa shape index (κ1) is 26.9. The molecule has 1 aromatic heterocycles. The molecule has 9 unspecified atom stereocenters. The van der Waals surface area contributed by atoms with Crippen molar-refractivity contribution >= 4 is 28.4 Å². The van der Waals surface area contributed by atoms with Gasteiger partial charge in [0.05, 0.1) is 11.7 Å². The molecule has 9 atom stereocenters. The smallest absolute Gasteiger partial charge is 0.235 e. The fourth-order valence-corrected chi connectivity index (χ4v) is 8.16. The Kier molecular flexibility index (Phi) is 6.13. The molecule has 2 saturated heterocycles. The van der Waals surface area contributed by atoms with Gasteiger partial charge >= 0.3 is 0 Å². The number of carbonyl (C=O) groups is 3. The summed E-state index contributed by atoms with van der Waals surface area (Å²) in [6.45, 7) is 9.97. The Morgan fingerprint density at radius 2 is 1.85 bits per heavy atom. The van der Waals surface area contributed by atoms with E-state index in [1.165, 1.54) is 6.08 Å². The van der Waals surface area contributed by atoms with E-state index in [-0.39, 0.29) is 29.9 Å². The average Bonchev–Trinajstić information content (AvgIpc) is 3.37. The summed E-state index contributed by atoms with van der Waals surface area (Å²) < 4.78 is 6.39. The SMILES string of the molecule is CC1=CC(C)CC=CC2C3OC3(C)C(C)C3(C)C(Cc4c[nH]c5ccccc45)NC(=O)C23C(=O)C=CC(=O)C1O. The van der Waals surface area contributed by atoms with Crippen LogP contribution in [-0.4, -0.2) is 51.4 Å². The van der Waals surface area contributed by atoms with Crippen molar-refractivity contribution in [1.82, 2.24) is 10.3 Å². The Morgan fingerprint density at radius 1 is 1.10 bits per heavy atom. The highest BCUT2D eigenvalue weighted by Crippen LogP contribution is 2.71. The fraction of sp³-hybridized carbons (Fsp3) is 0.485. The molecule has 210 valence electrons. The molecule has 3 heterocycles. The molecule has 1 spiro atoms. The minimum Gasteiger partial charge on any atom is -0.381 e. The molecular weight excluding hydrogens is 504 g/mol. The highest BCUT2D eigenvalue weighted by Gasteiger charge is 2.82. The highest BCUT2D eigenvalue weighted by molar-refractivity contribution is 6.16. The van der Waals surface area contributed by atoms with E-state index >= 15 is 0 Å². The van der Waals surface area contributed by atoms with Gasteiger partial charge in [0.1, 0.15) is 11.5 Å². The number of para-hydroxylation sites is 1. The van der Waals surface area contributed by atoms with E-state index in [4.69, 9.17) is 4.74 Å². The number of aliphatic hydroxyl groups excluding tert-OH is 1. The predicted molar refractivity (Wildman–Crippen MR) is 152 cm³/mol. The first-order valence-corrected chi connectivity index (χ1v) is 14.3. The molecule has 1 amide bonds. The molecule has 0 radical (unpaired) electrons. The van der Waals surface area contributed by atoms with Crippen molar-refractivity contribution in [2.75, 3.05) is 0 Å². The van der Waals surface area contributed by atoms with Gasteiger partial charge in [0, 0.05) is 34.5 Å². The molecule has 6 rings (SSSR count). The molecule has 7 nitrogen and oxygen atoms in total. The van der Waals surface area contributed by atoms with Crippen molar-refractivity contribution in [3.05, 3.63) is 72.0 Å². The second-order valence-corrected chi connectivity index (χ2v) is 12.7. The van der Waals surface area contributed by atoms with Gasteiger partial charge in [-0.15, -0.1) is 0 Å². The largest absolute Gasteiger partial charge is 0.381 e. The lowest BCUT2D eigenvalue weighted by atomic mass is 9.44. The first-order valence-electron chi connectivity index (χ1n) is 14.3. The molecule has 7 heteroatoms. The number of nitrogens with one attached hydrogen (secondary N) is 2. The number of aromatic nitrogens is 1. The van der Waals surface area contributed by atoms with Gasteiger partial charge in [0.15, 0.2) is 11.6 Å². The van der Waals surface area contributed by atoms with Crippen molar-refractivity contribution in [1.29, 1.82) is 0 Å². The number of allylic oxidation sites excluding steroid dienone is 3. The van der Waals surface area contributed by atoms with Gasteiger partial charge in [0.25, 0.3) is 0 Å². The van der Waals surface area contributed by atoms with Crippen LogP contribution < -0.4 is 5.32 Å². The number of aromatic amines is 1. The Balaban J connectivity index is 1.51. The quantitative estimate of drug-likeness (QED) is 0.299. The van der Waals surface area contributed by atoms with Crippen LogP contribution in [0.15, 0.2) is 66.4 Å². The van der Waals surface area contributed by atoms with Gasteiger partial charge < -0.3 is 20.1 Å². The third kappa shape index (κ3) is 3.53. The Morgan fingerprint density at radius 3 is 2.62 bits per heavy atom. The zero-order valence-corrected chi connectivity index (χ0v) is 23.7. The predicted octanol–water partition coefficient (Wildman–Crippen LogP) is 4.22. The normalized spacial score (nSPS) is 41.2. The number of amides is 1. The van der Waals surface area contributed by atoms with Crippen LogP contribution in [0.25, 0.3) is 10.9 Å². The van der Waals surface area contributed by atoms with E-state index in [1.807, 2.05) is 56.5 Å². The van der Waals surface area contributed by atoms with Crippen LogP contribution in [0.3, 0.4) is 0 Å². The molecule has 4 aliphatic rings. The summed E-state index contributed by atoms with van der Waals surface area (Å²) in [5.41, 5.74) is -0.141. The summed E-state index contributed by atoms with van der Waals surface area (Å²) in [6, 6.07) is 7.72. The van der Waals surface area contributed by atoms with Crippen LogP contribution in [0.1, 0.15) is 46.6 Å². The van der Waals surface area contributed by atoms with E-state index in [0.29, 0.717) is 18.4 Å². The molecule has 2 aliphatic heterocycles. The number of epoxide rings is 1. The summed E-state index contributed by atoms with van der Waals surface area (Å²) in [5.74, 6) is -1.88. The van der Waals surface area contributed by atoms with E-state index < -0.39 is 40.0 Å². The van der Waals surface area contributed by atoms with Gasteiger partial charge in [-0.3, -0.25) is 14.4 Å². The summed E-state index contributed by atoms with van der Waals surface area (Å²) >= 11 is 0. The number of hydrogen-bond donors (Lipinski definition) is 3. The lowest BCUT2D eigenvalue weighted by molar-refractivity contribution is -0.153. The van der Waals surface area contributed by atoms with Crippen molar-refractivity contribution in [3.8, 4) is 0 Å². The number of aliphatic hydroxyl groups is 1. The van der Waals surface area contributed by atoms with Crippen LogP contribution in [0.4, 0.5) is 0 Å². The Labute approximate surface area is 234 Å². The third-order valence-corrected chi connectivity index (χ3v) is 10.7. The first-order chi connectivity index (χ1) is 19.0. The van der Waals surface area contributed by atoms with Gasteiger partial charge in [0.2, 0.25) is 5.91 Å².